The lowest BCUT2D eigenvalue weighted by atomic mass is 10.2. The van der Waals surface area contributed by atoms with Crippen LogP contribution in [0.3, 0.4) is 0 Å². The molecule has 6 heteroatoms. The lowest BCUT2D eigenvalue weighted by Crippen LogP contribution is -2.33. The third kappa shape index (κ3) is 4.57. The zero-order valence-corrected chi connectivity index (χ0v) is 16.6. The summed E-state index contributed by atoms with van der Waals surface area (Å²) in [4.78, 5) is 35.0. The van der Waals surface area contributed by atoms with Crippen LogP contribution in [0.1, 0.15) is 23.9 Å². The zero-order valence-electron chi connectivity index (χ0n) is 15.8. The fraction of sp³-hybridized carbons (Fsp3) is 0.286. The van der Waals surface area contributed by atoms with Gasteiger partial charge in [-0.1, -0.05) is 29.8 Å². The molecule has 0 aliphatic rings. The second kappa shape index (κ2) is 8.39. The van der Waals surface area contributed by atoms with Crippen LogP contribution < -0.4 is 5.56 Å². The molecule has 1 amide bonds. The van der Waals surface area contributed by atoms with Crippen molar-refractivity contribution in [1.82, 2.24) is 14.9 Å². The van der Waals surface area contributed by atoms with E-state index in [0.717, 1.165) is 4.90 Å². The van der Waals surface area contributed by atoms with E-state index in [4.69, 9.17) is 0 Å². The molecule has 0 saturated heterocycles. The van der Waals surface area contributed by atoms with E-state index in [0.29, 0.717) is 35.6 Å². The number of aromatic nitrogens is 2. The molecule has 0 atom stereocenters. The molecule has 27 heavy (non-hydrogen) atoms. The van der Waals surface area contributed by atoms with Gasteiger partial charge in [-0.15, -0.1) is 11.8 Å². The monoisotopic (exact) mass is 381 g/mol. The van der Waals surface area contributed by atoms with Crippen molar-refractivity contribution in [2.24, 2.45) is 0 Å². The molecule has 0 spiro atoms. The van der Waals surface area contributed by atoms with Gasteiger partial charge in [-0.25, -0.2) is 4.98 Å². The number of hydrogen-bond donors (Lipinski definition) is 1. The van der Waals surface area contributed by atoms with Crippen molar-refractivity contribution < 1.29 is 4.79 Å². The first-order chi connectivity index (χ1) is 13.0. The van der Waals surface area contributed by atoms with Crippen molar-refractivity contribution in [3.63, 3.8) is 0 Å². The predicted octanol–water partition coefficient (Wildman–Crippen LogP) is 3.68. The zero-order chi connectivity index (χ0) is 19.4. The van der Waals surface area contributed by atoms with Crippen LogP contribution in [0.25, 0.3) is 10.9 Å². The summed E-state index contributed by atoms with van der Waals surface area (Å²) < 4.78 is 0. The minimum Gasteiger partial charge on any atom is -0.335 e. The number of thioether (sulfide) groups is 1. The number of nitrogens with one attached hydrogen (secondary N) is 1. The van der Waals surface area contributed by atoms with Gasteiger partial charge in [0, 0.05) is 11.4 Å². The number of para-hydroxylation sites is 1. The maximum absolute atomic E-state index is 12.7. The van der Waals surface area contributed by atoms with Crippen molar-refractivity contribution in [3.8, 4) is 0 Å². The first kappa shape index (κ1) is 19.2. The molecular formula is C21H23N3O2S. The number of rotatable bonds is 6. The molecule has 1 heterocycles. The molecule has 0 fully saturated rings. The van der Waals surface area contributed by atoms with Gasteiger partial charge in [0.25, 0.3) is 5.56 Å². The highest BCUT2D eigenvalue weighted by molar-refractivity contribution is 8.00. The van der Waals surface area contributed by atoms with E-state index in [1.54, 1.807) is 22.7 Å². The summed E-state index contributed by atoms with van der Waals surface area (Å²) in [6.45, 7) is 6.90. The molecule has 0 aliphatic heterocycles. The Labute approximate surface area is 162 Å². The molecule has 0 bridgehead atoms. The summed E-state index contributed by atoms with van der Waals surface area (Å²) in [5, 5.41) is 0.557. The first-order valence-corrected chi connectivity index (χ1v) is 9.92. The molecule has 0 aliphatic carbocycles. The van der Waals surface area contributed by atoms with Crippen LogP contribution in [-0.2, 0) is 11.3 Å². The minimum absolute atomic E-state index is 0.0262. The van der Waals surface area contributed by atoms with Crippen LogP contribution in [0.2, 0.25) is 0 Å². The van der Waals surface area contributed by atoms with E-state index < -0.39 is 0 Å². The molecule has 0 unspecified atom stereocenters. The summed E-state index contributed by atoms with van der Waals surface area (Å²) in [7, 11) is 0. The van der Waals surface area contributed by atoms with Gasteiger partial charge in [0.05, 0.1) is 23.2 Å². The van der Waals surface area contributed by atoms with Crippen LogP contribution in [0, 0.1) is 13.8 Å². The van der Waals surface area contributed by atoms with Gasteiger partial charge >= 0.3 is 0 Å². The summed E-state index contributed by atoms with van der Waals surface area (Å²) in [6, 6.07) is 13.4. The maximum atomic E-state index is 12.7. The third-order valence-electron chi connectivity index (χ3n) is 4.42. The van der Waals surface area contributed by atoms with Crippen LogP contribution in [0.4, 0.5) is 0 Å². The molecule has 140 valence electrons. The molecule has 5 nitrogen and oxygen atoms in total. The van der Waals surface area contributed by atoms with Crippen LogP contribution in [0.5, 0.6) is 0 Å². The standard InChI is InChI=1S/C21H23N3O2S/c1-4-24(20(25)13-27-18-10-9-14(2)11-15(18)3)12-19-22-17-8-6-5-7-16(17)21(26)23-19/h5-11H,4,12-13H2,1-3H3,(H,22,23,26). The number of aryl methyl sites for hydroxylation is 2. The Kier molecular flexibility index (Phi) is 5.96. The largest absolute Gasteiger partial charge is 0.335 e. The Bertz CT molecular complexity index is 1030. The Morgan fingerprint density at radius 2 is 1.96 bits per heavy atom. The number of aromatic amines is 1. The summed E-state index contributed by atoms with van der Waals surface area (Å²) in [6.07, 6.45) is 0. The van der Waals surface area contributed by atoms with Gasteiger partial charge < -0.3 is 9.88 Å². The Balaban J connectivity index is 1.71. The van der Waals surface area contributed by atoms with Crippen molar-refractivity contribution >= 4 is 28.6 Å². The molecule has 1 aromatic heterocycles. The lowest BCUT2D eigenvalue weighted by Gasteiger charge is -2.20. The van der Waals surface area contributed by atoms with E-state index in [1.807, 2.05) is 25.1 Å². The van der Waals surface area contributed by atoms with Crippen molar-refractivity contribution in [1.29, 1.82) is 0 Å². The third-order valence-corrected chi connectivity index (χ3v) is 5.58. The second-order valence-electron chi connectivity index (χ2n) is 6.50. The van der Waals surface area contributed by atoms with Crippen molar-refractivity contribution in [2.45, 2.75) is 32.2 Å². The number of nitrogens with zero attached hydrogens (tertiary/aromatic N) is 2. The lowest BCUT2D eigenvalue weighted by molar-refractivity contribution is -0.128. The average molecular weight is 382 g/mol. The highest BCUT2D eigenvalue weighted by atomic mass is 32.2. The number of amides is 1. The SMILES string of the molecule is CCN(Cc1nc2ccccc2c(=O)[nH]1)C(=O)CSc1ccc(C)cc1C. The van der Waals surface area contributed by atoms with Crippen LogP contribution >= 0.6 is 11.8 Å². The number of carbonyl (C=O) groups is 1. The van der Waals surface area contributed by atoms with E-state index in [2.05, 4.69) is 42.0 Å². The van der Waals surface area contributed by atoms with E-state index in [9.17, 15) is 9.59 Å². The molecule has 1 N–H and O–H groups in total. The molecule has 0 saturated carbocycles. The second-order valence-corrected chi connectivity index (χ2v) is 7.51. The van der Waals surface area contributed by atoms with Crippen LogP contribution in [-0.4, -0.2) is 33.1 Å². The summed E-state index contributed by atoms with van der Waals surface area (Å²) in [5.74, 6) is 0.888. The normalized spacial score (nSPS) is 10.9. The Morgan fingerprint density at radius 1 is 1.19 bits per heavy atom. The fourth-order valence-corrected chi connectivity index (χ4v) is 3.87. The van der Waals surface area contributed by atoms with Crippen molar-refractivity contribution in [3.05, 3.63) is 69.8 Å². The number of carbonyl (C=O) groups excluding carboxylic acids is 1. The van der Waals surface area contributed by atoms with E-state index in [-0.39, 0.29) is 11.5 Å². The average Bonchev–Trinajstić information content (AvgIpc) is 2.65. The highest BCUT2D eigenvalue weighted by Gasteiger charge is 2.15. The van der Waals surface area contributed by atoms with Gasteiger partial charge in [0.2, 0.25) is 5.91 Å². The number of benzene rings is 2. The predicted molar refractivity (Wildman–Crippen MR) is 110 cm³/mol. The first-order valence-electron chi connectivity index (χ1n) is 8.93. The number of hydrogen-bond acceptors (Lipinski definition) is 4. The van der Waals surface area contributed by atoms with Crippen LogP contribution in [0.15, 0.2) is 52.2 Å². The molecule has 0 radical (unpaired) electrons. The van der Waals surface area contributed by atoms with Gasteiger partial charge in [-0.05, 0) is 44.5 Å². The van der Waals surface area contributed by atoms with Gasteiger partial charge in [0.15, 0.2) is 0 Å². The van der Waals surface area contributed by atoms with E-state index >= 15 is 0 Å². The summed E-state index contributed by atoms with van der Waals surface area (Å²) in [5.41, 5.74) is 2.86. The minimum atomic E-state index is -0.177. The molecule has 3 aromatic rings. The quantitative estimate of drug-likeness (QED) is 0.662. The molecule has 2 aromatic carbocycles. The van der Waals surface area contributed by atoms with Gasteiger partial charge in [-0.2, -0.15) is 0 Å². The Hall–Kier alpha value is -2.60. The maximum Gasteiger partial charge on any atom is 0.258 e. The number of fused-ring (bicyclic) bond motifs is 1. The smallest absolute Gasteiger partial charge is 0.258 e. The van der Waals surface area contributed by atoms with Gasteiger partial charge in [0.1, 0.15) is 5.82 Å². The molecule has 3 rings (SSSR count). The summed E-state index contributed by atoms with van der Waals surface area (Å²) >= 11 is 1.54. The number of H-pyrrole nitrogens is 1. The molecular weight excluding hydrogens is 358 g/mol. The Morgan fingerprint density at radius 3 is 2.70 bits per heavy atom. The van der Waals surface area contributed by atoms with E-state index in [1.165, 1.54) is 11.1 Å². The van der Waals surface area contributed by atoms with Crippen molar-refractivity contribution in [2.75, 3.05) is 12.3 Å². The topological polar surface area (TPSA) is 66.1 Å². The van der Waals surface area contributed by atoms with Gasteiger partial charge in [-0.3, -0.25) is 9.59 Å². The highest BCUT2D eigenvalue weighted by Crippen LogP contribution is 2.23. The fourth-order valence-electron chi connectivity index (χ4n) is 2.96.